The molecule has 0 aliphatic carbocycles. The Balaban J connectivity index is 2.49. The Labute approximate surface area is 91.5 Å². The van der Waals surface area contributed by atoms with Gasteiger partial charge in [0.2, 0.25) is 0 Å². The number of hydrogen-bond donors (Lipinski definition) is 1. The molecule has 1 aromatic carbocycles. The Morgan fingerprint density at radius 1 is 1.20 bits per heavy atom. The fraction of sp³-hybridized carbons (Fsp3) is 0. The van der Waals surface area contributed by atoms with E-state index in [4.69, 9.17) is 17.3 Å². The lowest BCUT2D eigenvalue weighted by atomic mass is 10.1. The summed E-state index contributed by atoms with van der Waals surface area (Å²) < 4.78 is 12.7. The Hall–Kier alpha value is -1.61. The average Bonchev–Trinajstić information content (AvgIpc) is 2.20. The molecule has 0 amide bonds. The molecule has 0 spiro atoms. The monoisotopic (exact) mass is 222 g/mol. The van der Waals surface area contributed by atoms with Crippen LogP contribution >= 0.6 is 11.6 Å². The van der Waals surface area contributed by atoms with Crippen LogP contribution < -0.4 is 5.73 Å². The summed E-state index contributed by atoms with van der Waals surface area (Å²) in [4.78, 5) is 4.10. The first-order valence-corrected chi connectivity index (χ1v) is 4.71. The maximum atomic E-state index is 12.7. The van der Waals surface area contributed by atoms with Crippen molar-refractivity contribution in [1.29, 1.82) is 0 Å². The minimum absolute atomic E-state index is 0.287. The van der Waals surface area contributed by atoms with Crippen LogP contribution in [0, 0.1) is 5.82 Å². The Kier molecular flexibility index (Phi) is 2.56. The first-order valence-electron chi connectivity index (χ1n) is 4.34. The number of nitrogens with two attached hydrogens (primary N) is 1. The van der Waals surface area contributed by atoms with Crippen LogP contribution in [0.15, 0.2) is 36.5 Å². The molecule has 0 atom stereocenters. The highest BCUT2D eigenvalue weighted by molar-refractivity contribution is 6.33. The molecule has 0 unspecified atom stereocenters. The maximum Gasteiger partial charge on any atom is 0.123 e. The van der Waals surface area contributed by atoms with E-state index in [1.807, 2.05) is 0 Å². The molecule has 0 radical (unpaired) electrons. The highest BCUT2D eigenvalue weighted by Crippen LogP contribution is 2.26. The zero-order chi connectivity index (χ0) is 10.8. The Bertz CT molecular complexity index is 482. The molecule has 1 heterocycles. The SMILES string of the molecule is Nc1cnc(-c2ccc(F)cc2)c(Cl)c1. The number of anilines is 1. The first kappa shape index (κ1) is 9.93. The molecule has 15 heavy (non-hydrogen) atoms. The zero-order valence-electron chi connectivity index (χ0n) is 7.74. The molecule has 0 saturated heterocycles. The summed E-state index contributed by atoms with van der Waals surface area (Å²) in [6.45, 7) is 0. The molecule has 4 heteroatoms. The van der Waals surface area contributed by atoms with Crippen molar-refractivity contribution in [1.82, 2.24) is 4.98 Å². The van der Waals surface area contributed by atoms with E-state index < -0.39 is 0 Å². The number of rotatable bonds is 1. The van der Waals surface area contributed by atoms with Gasteiger partial charge in [-0.15, -0.1) is 0 Å². The molecular formula is C11H8ClFN2. The second-order valence-corrected chi connectivity index (χ2v) is 3.51. The molecule has 1 aromatic heterocycles. The largest absolute Gasteiger partial charge is 0.397 e. The van der Waals surface area contributed by atoms with E-state index in [1.54, 1.807) is 18.2 Å². The van der Waals surface area contributed by atoms with Gasteiger partial charge in [-0.2, -0.15) is 0 Å². The predicted octanol–water partition coefficient (Wildman–Crippen LogP) is 3.12. The van der Waals surface area contributed by atoms with Crippen molar-refractivity contribution in [3.63, 3.8) is 0 Å². The van der Waals surface area contributed by atoms with Crippen molar-refractivity contribution in [3.8, 4) is 11.3 Å². The highest BCUT2D eigenvalue weighted by Gasteiger charge is 2.05. The van der Waals surface area contributed by atoms with Crippen molar-refractivity contribution in [3.05, 3.63) is 47.4 Å². The van der Waals surface area contributed by atoms with Crippen LogP contribution in [0.3, 0.4) is 0 Å². The van der Waals surface area contributed by atoms with E-state index >= 15 is 0 Å². The van der Waals surface area contributed by atoms with Gasteiger partial charge in [0.1, 0.15) is 5.82 Å². The molecule has 0 fully saturated rings. The van der Waals surface area contributed by atoms with Gasteiger partial charge < -0.3 is 5.73 Å². The van der Waals surface area contributed by atoms with Gasteiger partial charge in [-0.1, -0.05) is 11.6 Å². The van der Waals surface area contributed by atoms with Gasteiger partial charge in [0, 0.05) is 5.56 Å². The quantitative estimate of drug-likeness (QED) is 0.805. The molecule has 2 nitrogen and oxygen atoms in total. The second kappa shape index (κ2) is 3.87. The summed E-state index contributed by atoms with van der Waals surface area (Å²) in [6.07, 6.45) is 1.52. The minimum atomic E-state index is -0.287. The van der Waals surface area contributed by atoms with Gasteiger partial charge >= 0.3 is 0 Å². The van der Waals surface area contributed by atoms with Gasteiger partial charge in [0.05, 0.1) is 22.6 Å². The fourth-order valence-electron chi connectivity index (χ4n) is 1.27. The van der Waals surface area contributed by atoms with Crippen molar-refractivity contribution in [2.24, 2.45) is 0 Å². The van der Waals surface area contributed by atoms with Crippen LogP contribution in [0.5, 0.6) is 0 Å². The number of halogens is 2. The predicted molar refractivity (Wildman–Crippen MR) is 59.1 cm³/mol. The first-order chi connectivity index (χ1) is 7.16. The molecular weight excluding hydrogens is 215 g/mol. The Morgan fingerprint density at radius 3 is 2.47 bits per heavy atom. The third-order valence-corrected chi connectivity index (χ3v) is 2.27. The van der Waals surface area contributed by atoms with Crippen LogP contribution in [-0.2, 0) is 0 Å². The van der Waals surface area contributed by atoms with E-state index in [1.165, 1.54) is 18.3 Å². The summed E-state index contributed by atoms with van der Waals surface area (Å²) in [6, 6.07) is 7.60. The lowest BCUT2D eigenvalue weighted by Crippen LogP contribution is -1.90. The summed E-state index contributed by atoms with van der Waals surface area (Å²) in [5, 5.41) is 0.460. The fourth-order valence-corrected chi connectivity index (χ4v) is 1.56. The van der Waals surface area contributed by atoms with Crippen molar-refractivity contribution < 1.29 is 4.39 Å². The lowest BCUT2D eigenvalue weighted by Gasteiger charge is -2.03. The number of hydrogen-bond acceptors (Lipinski definition) is 2. The second-order valence-electron chi connectivity index (χ2n) is 3.11. The molecule has 2 aromatic rings. The number of aromatic nitrogens is 1. The third-order valence-electron chi connectivity index (χ3n) is 1.98. The van der Waals surface area contributed by atoms with E-state index in [0.29, 0.717) is 16.4 Å². The van der Waals surface area contributed by atoms with Gasteiger partial charge in [0.15, 0.2) is 0 Å². The molecule has 0 aliphatic rings. The summed E-state index contributed by atoms with van der Waals surface area (Å²) in [7, 11) is 0. The molecule has 0 saturated carbocycles. The number of nitrogen functional groups attached to an aromatic ring is 1. The summed E-state index contributed by atoms with van der Waals surface area (Å²) in [5.74, 6) is -0.287. The van der Waals surface area contributed by atoms with Crippen LogP contribution in [-0.4, -0.2) is 4.98 Å². The normalized spacial score (nSPS) is 10.3. The molecule has 2 N–H and O–H groups in total. The van der Waals surface area contributed by atoms with Crippen LogP contribution in [0.2, 0.25) is 5.02 Å². The van der Waals surface area contributed by atoms with E-state index in [0.717, 1.165) is 5.56 Å². The summed E-state index contributed by atoms with van der Waals surface area (Å²) in [5.41, 5.74) is 7.40. The lowest BCUT2D eigenvalue weighted by molar-refractivity contribution is 0.628. The number of pyridine rings is 1. The van der Waals surface area contributed by atoms with Crippen molar-refractivity contribution in [2.75, 3.05) is 5.73 Å². The van der Waals surface area contributed by atoms with E-state index in [-0.39, 0.29) is 5.82 Å². The Morgan fingerprint density at radius 2 is 1.87 bits per heavy atom. The molecule has 76 valence electrons. The molecule has 0 bridgehead atoms. The average molecular weight is 223 g/mol. The van der Waals surface area contributed by atoms with E-state index in [2.05, 4.69) is 4.98 Å². The molecule has 0 aliphatic heterocycles. The van der Waals surface area contributed by atoms with Crippen molar-refractivity contribution in [2.45, 2.75) is 0 Å². The molecule has 2 rings (SSSR count). The van der Waals surface area contributed by atoms with Crippen molar-refractivity contribution >= 4 is 17.3 Å². The van der Waals surface area contributed by atoms with Gasteiger partial charge in [0.25, 0.3) is 0 Å². The van der Waals surface area contributed by atoms with E-state index in [9.17, 15) is 4.39 Å². The highest BCUT2D eigenvalue weighted by atomic mass is 35.5. The maximum absolute atomic E-state index is 12.7. The smallest absolute Gasteiger partial charge is 0.123 e. The zero-order valence-corrected chi connectivity index (χ0v) is 8.50. The van der Waals surface area contributed by atoms with Crippen LogP contribution in [0.25, 0.3) is 11.3 Å². The van der Waals surface area contributed by atoms with Gasteiger partial charge in [-0.25, -0.2) is 4.39 Å². The van der Waals surface area contributed by atoms with Gasteiger partial charge in [-0.3, -0.25) is 4.98 Å². The standard InChI is InChI=1S/C11H8ClFN2/c12-10-5-9(14)6-15-11(10)7-1-3-8(13)4-2-7/h1-6H,14H2. The topological polar surface area (TPSA) is 38.9 Å². The summed E-state index contributed by atoms with van der Waals surface area (Å²) >= 11 is 5.97. The van der Waals surface area contributed by atoms with Gasteiger partial charge in [-0.05, 0) is 30.3 Å². The third kappa shape index (κ3) is 2.07. The minimum Gasteiger partial charge on any atom is -0.397 e. The van der Waals surface area contributed by atoms with Crippen LogP contribution in [0.1, 0.15) is 0 Å². The number of nitrogens with zero attached hydrogens (tertiary/aromatic N) is 1. The van der Waals surface area contributed by atoms with Crippen LogP contribution in [0.4, 0.5) is 10.1 Å². The number of benzene rings is 1.